The molecule has 1 heterocycles. The Bertz CT molecular complexity index is 673. The number of fused-ring (bicyclic) bond motifs is 1. The number of hydrogen-bond acceptors (Lipinski definition) is 4. The standard InChI is InChI=1S/C17H18N2O3/c1-12-17(20)19(9-10-21-14-5-3-2-4-6-14)15-11-13(18)7-8-16(15)22-12/h2-8,11-12H,9-10,18H2,1H3. The number of ether oxygens (including phenoxy) is 2. The summed E-state index contributed by atoms with van der Waals surface area (Å²) in [6.45, 7) is 2.58. The molecular weight excluding hydrogens is 280 g/mol. The Labute approximate surface area is 129 Å². The average molecular weight is 298 g/mol. The minimum atomic E-state index is -0.507. The monoisotopic (exact) mass is 298 g/mol. The molecule has 2 aromatic rings. The third kappa shape index (κ3) is 2.83. The van der Waals surface area contributed by atoms with E-state index in [1.807, 2.05) is 30.3 Å². The molecular formula is C17H18N2O3. The van der Waals surface area contributed by atoms with Crippen LogP contribution < -0.4 is 20.1 Å². The molecule has 1 unspecified atom stereocenters. The number of carbonyl (C=O) groups excluding carboxylic acids is 1. The van der Waals surface area contributed by atoms with Crippen LogP contribution >= 0.6 is 0 Å². The summed E-state index contributed by atoms with van der Waals surface area (Å²) in [5.41, 5.74) is 7.11. The van der Waals surface area contributed by atoms with Crippen molar-refractivity contribution in [2.75, 3.05) is 23.8 Å². The van der Waals surface area contributed by atoms with Crippen LogP contribution in [-0.4, -0.2) is 25.2 Å². The third-order valence-electron chi connectivity index (χ3n) is 3.52. The molecule has 0 fully saturated rings. The highest BCUT2D eigenvalue weighted by Gasteiger charge is 2.31. The molecule has 2 N–H and O–H groups in total. The summed E-state index contributed by atoms with van der Waals surface area (Å²) in [5, 5.41) is 0. The van der Waals surface area contributed by atoms with Gasteiger partial charge in [-0.1, -0.05) is 18.2 Å². The molecule has 1 amide bonds. The predicted octanol–water partition coefficient (Wildman–Crippen LogP) is 2.46. The molecule has 0 radical (unpaired) electrons. The van der Waals surface area contributed by atoms with Crippen molar-refractivity contribution in [1.82, 2.24) is 0 Å². The zero-order valence-corrected chi connectivity index (χ0v) is 12.4. The van der Waals surface area contributed by atoms with Crippen molar-refractivity contribution in [2.24, 2.45) is 0 Å². The van der Waals surface area contributed by atoms with E-state index in [2.05, 4.69) is 0 Å². The summed E-state index contributed by atoms with van der Waals surface area (Å²) < 4.78 is 11.3. The number of para-hydroxylation sites is 1. The number of amides is 1. The minimum absolute atomic E-state index is 0.0882. The van der Waals surface area contributed by atoms with Crippen LogP contribution in [0.1, 0.15) is 6.92 Å². The van der Waals surface area contributed by atoms with Crippen LogP contribution in [0.5, 0.6) is 11.5 Å². The minimum Gasteiger partial charge on any atom is -0.492 e. The van der Waals surface area contributed by atoms with Crippen molar-refractivity contribution >= 4 is 17.3 Å². The molecule has 0 saturated heterocycles. The van der Waals surface area contributed by atoms with Crippen LogP contribution in [0.25, 0.3) is 0 Å². The number of nitrogens with two attached hydrogens (primary N) is 1. The Hall–Kier alpha value is -2.69. The summed E-state index contributed by atoms with van der Waals surface area (Å²) in [5.74, 6) is 1.36. The Kier molecular flexibility index (Phi) is 3.87. The van der Waals surface area contributed by atoms with Gasteiger partial charge in [0.05, 0.1) is 12.2 Å². The fourth-order valence-electron chi connectivity index (χ4n) is 2.43. The van der Waals surface area contributed by atoms with Crippen molar-refractivity contribution in [3.8, 4) is 11.5 Å². The average Bonchev–Trinajstić information content (AvgIpc) is 2.53. The van der Waals surface area contributed by atoms with E-state index in [1.165, 1.54) is 0 Å². The molecule has 114 valence electrons. The number of nitrogens with zero attached hydrogens (tertiary/aromatic N) is 1. The summed E-state index contributed by atoms with van der Waals surface area (Å²) in [6.07, 6.45) is -0.507. The molecule has 0 aliphatic carbocycles. The van der Waals surface area contributed by atoms with Gasteiger partial charge in [0.15, 0.2) is 6.10 Å². The number of carbonyl (C=O) groups is 1. The van der Waals surface area contributed by atoms with Gasteiger partial charge in [0.25, 0.3) is 5.91 Å². The lowest BCUT2D eigenvalue weighted by Crippen LogP contribution is -2.46. The van der Waals surface area contributed by atoms with Gasteiger partial charge in [0.1, 0.15) is 18.1 Å². The van der Waals surface area contributed by atoms with Crippen LogP contribution in [0.15, 0.2) is 48.5 Å². The normalized spacial score (nSPS) is 16.9. The molecule has 2 aromatic carbocycles. The number of hydrogen-bond donors (Lipinski definition) is 1. The highest BCUT2D eigenvalue weighted by molar-refractivity contribution is 6.00. The summed E-state index contributed by atoms with van der Waals surface area (Å²) in [7, 11) is 0. The fraction of sp³-hybridized carbons (Fsp3) is 0.235. The van der Waals surface area contributed by atoms with E-state index >= 15 is 0 Å². The zero-order valence-electron chi connectivity index (χ0n) is 12.4. The molecule has 5 nitrogen and oxygen atoms in total. The lowest BCUT2D eigenvalue weighted by atomic mass is 10.1. The summed E-state index contributed by atoms with van der Waals surface area (Å²) >= 11 is 0. The van der Waals surface area contributed by atoms with E-state index in [0.717, 1.165) is 5.75 Å². The van der Waals surface area contributed by atoms with Crippen molar-refractivity contribution < 1.29 is 14.3 Å². The first-order valence-corrected chi connectivity index (χ1v) is 7.20. The first-order chi connectivity index (χ1) is 10.6. The number of benzene rings is 2. The van der Waals surface area contributed by atoms with Gasteiger partial charge in [-0.05, 0) is 37.3 Å². The lowest BCUT2D eigenvalue weighted by Gasteiger charge is -2.33. The van der Waals surface area contributed by atoms with Gasteiger partial charge in [-0.25, -0.2) is 0 Å². The van der Waals surface area contributed by atoms with Crippen LogP contribution in [-0.2, 0) is 4.79 Å². The van der Waals surface area contributed by atoms with Crippen molar-refractivity contribution in [2.45, 2.75) is 13.0 Å². The maximum atomic E-state index is 12.3. The van der Waals surface area contributed by atoms with E-state index in [-0.39, 0.29) is 5.91 Å². The SMILES string of the molecule is CC1Oc2ccc(N)cc2N(CCOc2ccccc2)C1=O. The maximum absolute atomic E-state index is 12.3. The van der Waals surface area contributed by atoms with E-state index in [0.29, 0.717) is 30.3 Å². The van der Waals surface area contributed by atoms with E-state index in [1.54, 1.807) is 30.0 Å². The lowest BCUT2D eigenvalue weighted by molar-refractivity contribution is -0.125. The Balaban J connectivity index is 1.74. The third-order valence-corrected chi connectivity index (χ3v) is 3.52. The molecule has 0 aromatic heterocycles. The molecule has 1 aliphatic heterocycles. The van der Waals surface area contributed by atoms with E-state index in [4.69, 9.17) is 15.2 Å². The highest BCUT2D eigenvalue weighted by Crippen LogP contribution is 2.35. The van der Waals surface area contributed by atoms with E-state index < -0.39 is 6.10 Å². The quantitative estimate of drug-likeness (QED) is 0.881. The largest absolute Gasteiger partial charge is 0.492 e. The first kappa shape index (κ1) is 14.3. The van der Waals surface area contributed by atoms with Gasteiger partial charge in [0, 0.05) is 5.69 Å². The van der Waals surface area contributed by atoms with Crippen molar-refractivity contribution in [1.29, 1.82) is 0 Å². The van der Waals surface area contributed by atoms with Gasteiger partial charge < -0.3 is 20.1 Å². The fourth-order valence-corrected chi connectivity index (χ4v) is 2.43. The van der Waals surface area contributed by atoms with Crippen LogP contribution in [0, 0.1) is 0 Å². The summed E-state index contributed by atoms with van der Waals surface area (Å²) in [4.78, 5) is 14.0. The molecule has 1 aliphatic rings. The van der Waals surface area contributed by atoms with Gasteiger partial charge in [0.2, 0.25) is 0 Å². The molecule has 1 atom stereocenters. The highest BCUT2D eigenvalue weighted by atomic mass is 16.5. The second-order valence-corrected chi connectivity index (χ2v) is 5.14. The molecule has 3 rings (SSSR count). The zero-order chi connectivity index (χ0) is 15.5. The molecule has 5 heteroatoms. The van der Waals surface area contributed by atoms with Gasteiger partial charge >= 0.3 is 0 Å². The number of rotatable bonds is 4. The second-order valence-electron chi connectivity index (χ2n) is 5.14. The molecule has 0 saturated carbocycles. The van der Waals surface area contributed by atoms with Gasteiger partial charge in [-0.3, -0.25) is 4.79 Å². The van der Waals surface area contributed by atoms with Crippen LogP contribution in [0.4, 0.5) is 11.4 Å². The predicted molar refractivity (Wildman–Crippen MR) is 85.2 cm³/mol. The Morgan fingerprint density at radius 3 is 2.77 bits per heavy atom. The van der Waals surface area contributed by atoms with Crippen molar-refractivity contribution in [3.05, 3.63) is 48.5 Å². The Morgan fingerprint density at radius 2 is 2.00 bits per heavy atom. The second kappa shape index (κ2) is 5.97. The maximum Gasteiger partial charge on any atom is 0.267 e. The topological polar surface area (TPSA) is 64.8 Å². The van der Waals surface area contributed by atoms with Crippen molar-refractivity contribution in [3.63, 3.8) is 0 Å². The number of nitrogen functional groups attached to an aromatic ring is 1. The van der Waals surface area contributed by atoms with Gasteiger partial charge in [-0.15, -0.1) is 0 Å². The number of anilines is 2. The first-order valence-electron chi connectivity index (χ1n) is 7.20. The van der Waals surface area contributed by atoms with Crippen LogP contribution in [0.2, 0.25) is 0 Å². The van der Waals surface area contributed by atoms with E-state index in [9.17, 15) is 4.79 Å². The Morgan fingerprint density at radius 1 is 1.23 bits per heavy atom. The van der Waals surface area contributed by atoms with Crippen LogP contribution in [0.3, 0.4) is 0 Å². The molecule has 22 heavy (non-hydrogen) atoms. The summed E-state index contributed by atoms with van der Waals surface area (Å²) in [6, 6.07) is 14.8. The smallest absolute Gasteiger partial charge is 0.267 e. The molecule has 0 bridgehead atoms. The molecule has 0 spiro atoms. The van der Waals surface area contributed by atoms with Gasteiger partial charge in [-0.2, -0.15) is 0 Å².